The molecule has 0 aliphatic carbocycles. The van der Waals surface area contributed by atoms with Crippen molar-refractivity contribution in [3.63, 3.8) is 0 Å². The molecule has 0 saturated carbocycles. The van der Waals surface area contributed by atoms with E-state index >= 15 is 35.1 Å². The Morgan fingerprint density at radius 2 is 0.790 bits per heavy atom. The van der Waals surface area contributed by atoms with Crippen molar-refractivity contribution in [1.82, 2.24) is 0 Å². The molecule has 0 N–H and O–H groups in total. The molecule has 1 heterocycles. The minimum absolute atomic E-state index is 0.0637. The zero-order valence-electron chi connectivity index (χ0n) is 28.9. The molecule has 0 aliphatic heterocycles. The summed E-state index contributed by atoms with van der Waals surface area (Å²) in [6.07, 6.45) is -5.43. The van der Waals surface area contributed by atoms with Gasteiger partial charge in [-0.3, -0.25) is 14.9 Å². The molecule has 62 heavy (non-hydrogen) atoms. The average Bonchev–Trinajstić information content (AvgIpc) is 3.76. The zero-order chi connectivity index (χ0) is 46.6. The topological polar surface area (TPSA) is 64.1 Å². The first-order valence-electron chi connectivity index (χ1n) is 15.8. The van der Waals surface area contributed by atoms with Crippen LogP contribution >= 0.6 is 11.3 Å². The summed E-state index contributed by atoms with van der Waals surface area (Å²) in [7, 11) is 0. The van der Waals surface area contributed by atoms with Gasteiger partial charge in [-0.1, -0.05) is 23.5 Å². The molecule has 326 valence electrons. The van der Waals surface area contributed by atoms with Crippen LogP contribution in [0.5, 0.6) is 0 Å². The number of nitro benzene ring substituents is 1. The molecule has 27 heteroatoms. The quantitative estimate of drug-likeness (QED) is 0.0230. The molecule has 0 bridgehead atoms. The van der Waals surface area contributed by atoms with Crippen LogP contribution in [0.2, 0.25) is 0 Å². The molecule has 0 atom stereocenters. The predicted molar refractivity (Wildman–Crippen MR) is 171 cm³/mol. The van der Waals surface area contributed by atoms with Crippen LogP contribution in [0, 0.1) is 126 Å². The van der Waals surface area contributed by atoms with E-state index in [1.54, 1.807) is 16.8 Å². The van der Waals surface area contributed by atoms with E-state index in [1.807, 2.05) is 10.9 Å². The maximum absolute atomic E-state index is 15.4. The van der Waals surface area contributed by atoms with Crippen molar-refractivity contribution < 1.29 is 102 Å². The SMILES string of the molecule is Fc1c(F)c(F)c([B-](c2c(F)c(F)c(F)c(F)c2F)(c2c(F)c(F)c(F)c(F)c2F)c2c(F)c(F)c(F)c(F)c2F)c(F)c1F.O=C(C[n+]1ccsc1)c1cccc([N+](=O)[O-])c1. The largest absolute Gasteiger partial charge is 0.287 e. The van der Waals surface area contributed by atoms with Gasteiger partial charge in [0.15, 0.2) is 76.0 Å². The standard InChI is InChI=1S/C24BF20.C11H9N2O3S/c26-5-1(6(27)14(35)21(42)13(5)34)25(2-7(28)15(36)22(43)16(37)8(2)29,3-9(30)17(38)23(44)18(39)10(3)31)4-11(32)19(40)24(45)20(41)12(4)33;14-11(7-12-4-5-17-8-12)9-2-1-3-10(6-9)13(15)16/h;1-6,8H,7H2/q-1;+1. The number of thiazole rings is 1. The second kappa shape index (κ2) is 17.1. The Kier molecular flexibility index (Phi) is 12.8. The lowest BCUT2D eigenvalue weighted by molar-refractivity contribution is -0.678. The summed E-state index contributed by atoms with van der Waals surface area (Å²) < 4.78 is 296. The number of hydrogen-bond acceptors (Lipinski definition) is 4. The van der Waals surface area contributed by atoms with Gasteiger partial charge in [0.2, 0.25) is 17.8 Å². The third-order valence-corrected chi connectivity index (χ3v) is 9.61. The average molecular weight is 928 g/mol. The molecule has 5 aromatic carbocycles. The first-order valence-corrected chi connectivity index (χ1v) is 16.7. The summed E-state index contributed by atoms with van der Waals surface area (Å²) in [6.45, 7) is 0.199. The van der Waals surface area contributed by atoms with E-state index in [4.69, 9.17) is 0 Å². The van der Waals surface area contributed by atoms with Gasteiger partial charge in [0.25, 0.3) is 5.69 Å². The Morgan fingerprint density at radius 3 is 1.05 bits per heavy atom. The van der Waals surface area contributed by atoms with Crippen molar-refractivity contribution in [2.75, 3.05) is 0 Å². The lowest BCUT2D eigenvalue weighted by Gasteiger charge is -2.44. The number of hydrogen-bond donors (Lipinski definition) is 0. The summed E-state index contributed by atoms with van der Waals surface area (Å²) in [5, 5.41) is 12.4. The van der Waals surface area contributed by atoms with E-state index in [0.29, 0.717) is 5.56 Å². The van der Waals surface area contributed by atoms with Crippen LogP contribution in [-0.2, 0) is 6.54 Å². The second-order valence-electron chi connectivity index (χ2n) is 12.2. The van der Waals surface area contributed by atoms with Crippen LogP contribution in [0.25, 0.3) is 0 Å². The van der Waals surface area contributed by atoms with E-state index < -0.39 is 149 Å². The number of non-ortho nitro benzene ring substituents is 1. The molecule has 0 fully saturated rings. The highest BCUT2D eigenvalue weighted by molar-refractivity contribution is 7.20. The van der Waals surface area contributed by atoms with Crippen molar-refractivity contribution in [2.24, 2.45) is 0 Å². The number of ketones is 1. The Balaban J connectivity index is 0.000000355. The van der Waals surface area contributed by atoms with Crippen molar-refractivity contribution in [3.8, 4) is 0 Å². The number of benzene rings is 5. The highest BCUT2D eigenvalue weighted by atomic mass is 32.1. The van der Waals surface area contributed by atoms with Crippen LogP contribution in [0.1, 0.15) is 10.4 Å². The molecule has 0 spiro atoms. The van der Waals surface area contributed by atoms with Crippen LogP contribution < -0.4 is 26.4 Å². The lowest BCUT2D eigenvalue weighted by Crippen LogP contribution is -2.81. The van der Waals surface area contributed by atoms with Gasteiger partial charge < -0.3 is 0 Å². The number of carbonyl (C=O) groups is 1. The van der Waals surface area contributed by atoms with E-state index in [2.05, 4.69) is 0 Å². The summed E-state index contributed by atoms with van der Waals surface area (Å²) in [4.78, 5) is 21.9. The number of nitro groups is 1. The van der Waals surface area contributed by atoms with Gasteiger partial charge in [-0.2, -0.15) is 4.57 Å². The lowest BCUT2D eigenvalue weighted by atomic mass is 9.12. The number of Topliss-reactive ketones (excluding diaryl/α,β-unsaturated/α-hetero) is 1. The normalized spacial score (nSPS) is 11.5. The molecule has 0 unspecified atom stereocenters. The van der Waals surface area contributed by atoms with Crippen molar-refractivity contribution in [1.29, 1.82) is 0 Å². The second-order valence-corrected chi connectivity index (χ2v) is 13.0. The minimum Gasteiger partial charge on any atom is -0.287 e. The van der Waals surface area contributed by atoms with E-state index in [9.17, 15) is 67.6 Å². The molecule has 0 radical (unpaired) electrons. The minimum atomic E-state index is -7.22. The van der Waals surface area contributed by atoms with Gasteiger partial charge in [0.05, 0.1) is 10.3 Å². The van der Waals surface area contributed by atoms with Crippen LogP contribution in [0.4, 0.5) is 93.5 Å². The van der Waals surface area contributed by atoms with Crippen molar-refractivity contribution in [3.05, 3.63) is 173 Å². The molecular formula is C35H9BF20N2O3S. The van der Waals surface area contributed by atoms with Crippen LogP contribution in [-0.4, -0.2) is 16.9 Å². The summed E-state index contributed by atoms with van der Waals surface area (Å²) >= 11 is 1.49. The number of aromatic nitrogens is 1. The summed E-state index contributed by atoms with van der Waals surface area (Å²) in [5.41, 5.74) is -12.2. The predicted octanol–water partition coefficient (Wildman–Crippen LogP) is 7.67. The van der Waals surface area contributed by atoms with Crippen LogP contribution in [0.15, 0.2) is 41.4 Å². The van der Waals surface area contributed by atoms with Gasteiger partial charge in [-0.05, 0) is 0 Å². The highest BCUT2D eigenvalue weighted by Gasteiger charge is 2.52. The number of carbonyl (C=O) groups excluding carboxylic acids is 1. The Bertz CT molecular complexity index is 2460. The molecule has 6 rings (SSSR count). The number of rotatable bonds is 8. The number of nitrogens with zero attached hydrogens (tertiary/aromatic N) is 2. The Labute approximate surface area is 332 Å². The van der Waals surface area contributed by atoms with Gasteiger partial charge in [0.1, 0.15) is 52.7 Å². The monoisotopic (exact) mass is 928 g/mol. The first kappa shape index (κ1) is 46.5. The maximum atomic E-state index is 15.4. The third kappa shape index (κ3) is 7.25. The van der Waals surface area contributed by atoms with Crippen LogP contribution in [0.3, 0.4) is 0 Å². The fourth-order valence-electron chi connectivity index (χ4n) is 6.28. The fourth-order valence-corrected chi connectivity index (χ4v) is 6.87. The van der Waals surface area contributed by atoms with Gasteiger partial charge in [-0.15, -0.1) is 21.9 Å². The van der Waals surface area contributed by atoms with Crippen molar-refractivity contribution >= 4 is 50.8 Å². The molecule has 0 amide bonds. The third-order valence-electron chi connectivity index (χ3n) is 8.94. The van der Waals surface area contributed by atoms with E-state index in [0.717, 1.165) is 0 Å². The molecular weight excluding hydrogens is 919 g/mol. The maximum Gasteiger partial charge on any atom is 0.270 e. The number of halogens is 20. The smallest absolute Gasteiger partial charge is 0.270 e. The van der Waals surface area contributed by atoms with Gasteiger partial charge >= 0.3 is 0 Å². The van der Waals surface area contributed by atoms with Crippen molar-refractivity contribution in [2.45, 2.75) is 6.54 Å². The highest BCUT2D eigenvalue weighted by Crippen LogP contribution is 2.31. The molecule has 0 aliphatic rings. The molecule has 5 nitrogen and oxygen atoms in total. The molecule has 1 aromatic heterocycles. The molecule has 0 saturated heterocycles. The van der Waals surface area contributed by atoms with E-state index in [1.165, 1.54) is 29.5 Å². The Hall–Kier alpha value is -6.54. The van der Waals surface area contributed by atoms with Gasteiger partial charge in [0, 0.05) is 17.7 Å². The van der Waals surface area contributed by atoms with E-state index in [-0.39, 0.29) is 18.0 Å². The summed E-state index contributed by atoms with van der Waals surface area (Å²) in [6, 6.07) is 5.77. The first-order chi connectivity index (χ1) is 28.9. The van der Waals surface area contributed by atoms with Gasteiger partial charge in [-0.25, -0.2) is 87.8 Å². The zero-order valence-corrected chi connectivity index (χ0v) is 29.7. The Morgan fingerprint density at radius 1 is 0.500 bits per heavy atom. The fraction of sp³-hybridized carbons (Fsp3) is 0.0286. The molecule has 6 aromatic rings. The summed E-state index contributed by atoms with van der Waals surface area (Å²) in [5.74, 6) is -71.5.